The highest BCUT2D eigenvalue weighted by Gasteiger charge is 2.31. The zero-order chi connectivity index (χ0) is 19.1. The van der Waals surface area contributed by atoms with Crippen molar-refractivity contribution in [2.75, 3.05) is 5.32 Å². The Hall–Kier alpha value is -3.48. The number of aromatic nitrogens is 3. The average Bonchev–Trinajstić information content (AvgIpc) is 2.67. The summed E-state index contributed by atoms with van der Waals surface area (Å²) in [5.74, 6) is -0.499. The van der Waals surface area contributed by atoms with E-state index in [2.05, 4.69) is 29.2 Å². The van der Waals surface area contributed by atoms with E-state index in [1.807, 2.05) is 24.3 Å². The second-order valence-corrected chi connectivity index (χ2v) is 6.74. The fourth-order valence-corrected chi connectivity index (χ4v) is 3.15. The summed E-state index contributed by atoms with van der Waals surface area (Å²) in [6.45, 7) is 4.17. The van der Waals surface area contributed by atoms with Crippen LogP contribution in [0.4, 0.5) is 5.69 Å². The minimum absolute atomic E-state index is 0.126. The molecule has 0 spiro atoms. The number of carboxylic acid groups (broad SMARTS) is 1. The van der Waals surface area contributed by atoms with Crippen molar-refractivity contribution in [3.63, 3.8) is 0 Å². The van der Waals surface area contributed by atoms with Gasteiger partial charge in [0.1, 0.15) is 0 Å². The maximum absolute atomic E-state index is 12.6. The van der Waals surface area contributed by atoms with E-state index in [4.69, 9.17) is 0 Å². The molecule has 2 N–H and O–H groups in total. The first-order chi connectivity index (χ1) is 13.0. The number of aliphatic carboxylic acids is 1. The summed E-state index contributed by atoms with van der Waals surface area (Å²) in [6.07, 6.45) is -1.14. The molecule has 1 aromatic heterocycles. The number of hydrogen-bond acceptors (Lipinski definition) is 5. The van der Waals surface area contributed by atoms with Crippen molar-refractivity contribution >= 4 is 11.7 Å². The van der Waals surface area contributed by atoms with Crippen LogP contribution < -0.4 is 10.9 Å². The van der Waals surface area contributed by atoms with Crippen LogP contribution in [0.25, 0.3) is 22.6 Å². The number of nitrogens with one attached hydrogen (secondary N) is 1. The number of fused-ring (bicyclic) bond motifs is 3. The van der Waals surface area contributed by atoms with Crippen molar-refractivity contribution in [2.24, 2.45) is 0 Å². The molecular weight excluding hydrogens is 344 g/mol. The summed E-state index contributed by atoms with van der Waals surface area (Å²) >= 11 is 0. The lowest BCUT2D eigenvalue weighted by Gasteiger charge is -2.27. The number of carbonyl (C=O) groups is 1. The van der Waals surface area contributed by atoms with Crippen LogP contribution in [0, 0.1) is 0 Å². The molecule has 0 fully saturated rings. The number of benzene rings is 2. The van der Waals surface area contributed by atoms with E-state index < -0.39 is 17.7 Å². The molecule has 27 heavy (non-hydrogen) atoms. The fourth-order valence-electron chi connectivity index (χ4n) is 3.15. The van der Waals surface area contributed by atoms with Gasteiger partial charge in [0.05, 0.1) is 0 Å². The van der Waals surface area contributed by atoms with Crippen molar-refractivity contribution in [2.45, 2.75) is 25.9 Å². The lowest BCUT2D eigenvalue weighted by molar-refractivity contribution is -0.140. The molecule has 1 aliphatic heterocycles. The van der Waals surface area contributed by atoms with E-state index in [0.29, 0.717) is 22.7 Å². The molecule has 2 heterocycles. The van der Waals surface area contributed by atoms with Gasteiger partial charge < -0.3 is 10.4 Å². The maximum Gasteiger partial charge on any atom is 0.349 e. The Bertz CT molecular complexity index is 1090. The van der Waals surface area contributed by atoms with Gasteiger partial charge in [0, 0.05) is 16.8 Å². The van der Waals surface area contributed by atoms with Crippen LogP contribution in [0.3, 0.4) is 0 Å². The van der Waals surface area contributed by atoms with Gasteiger partial charge in [-0.15, -0.1) is 0 Å². The number of rotatable bonds is 3. The number of hydrogen-bond donors (Lipinski definition) is 2. The van der Waals surface area contributed by atoms with Crippen molar-refractivity contribution in [1.82, 2.24) is 14.8 Å². The van der Waals surface area contributed by atoms with Gasteiger partial charge in [-0.1, -0.05) is 50.2 Å². The van der Waals surface area contributed by atoms with Gasteiger partial charge in [-0.3, -0.25) is 4.79 Å². The van der Waals surface area contributed by atoms with Crippen LogP contribution in [-0.4, -0.2) is 25.8 Å². The molecule has 136 valence electrons. The van der Waals surface area contributed by atoms with E-state index in [-0.39, 0.29) is 11.5 Å². The Morgan fingerprint density at radius 3 is 2.52 bits per heavy atom. The first-order valence-corrected chi connectivity index (χ1v) is 8.65. The van der Waals surface area contributed by atoms with Crippen LogP contribution >= 0.6 is 0 Å². The summed E-state index contributed by atoms with van der Waals surface area (Å²) in [7, 11) is 0. The van der Waals surface area contributed by atoms with E-state index >= 15 is 0 Å². The number of anilines is 1. The summed E-state index contributed by atoms with van der Waals surface area (Å²) in [6, 6.07) is 14.6. The number of nitrogens with zero attached hydrogens (tertiary/aromatic N) is 3. The molecular formula is C20H18N4O3. The predicted molar refractivity (Wildman–Crippen MR) is 102 cm³/mol. The highest BCUT2D eigenvalue weighted by Crippen LogP contribution is 2.33. The van der Waals surface area contributed by atoms with Crippen LogP contribution in [0.1, 0.15) is 31.5 Å². The van der Waals surface area contributed by atoms with E-state index in [0.717, 1.165) is 5.56 Å². The second-order valence-electron chi connectivity index (χ2n) is 6.74. The molecule has 0 saturated heterocycles. The monoisotopic (exact) mass is 362 g/mol. The average molecular weight is 362 g/mol. The summed E-state index contributed by atoms with van der Waals surface area (Å²) in [5.41, 5.74) is 2.63. The Morgan fingerprint density at radius 2 is 1.85 bits per heavy atom. The third-order valence-corrected chi connectivity index (χ3v) is 4.62. The molecule has 1 atom stereocenters. The lowest BCUT2D eigenvalue weighted by Crippen LogP contribution is -2.35. The molecule has 0 bridgehead atoms. The fraction of sp³-hybridized carbons (Fsp3) is 0.200. The van der Waals surface area contributed by atoms with Gasteiger partial charge in [-0.05, 0) is 23.6 Å². The molecule has 0 aliphatic carbocycles. The molecule has 7 nitrogen and oxygen atoms in total. The van der Waals surface area contributed by atoms with Crippen LogP contribution in [0.15, 0.2) is 53.3 Å². The van der Waals surface area contributed by atoms with Gasteiger partial charge in [0.15, 0.2) is 11.5 Å². The minimum Gasteiger partial charge on any atom is -0.478 e. The molecule has 0 saturated carbocycles. The molecule has 3 aromatic rings. The van der Waals surface area contributed by atoms with Crippen molar-refractivity contribution in [3.05, 3.63) is 64.4 Å². The van der Waals surface area contributed by atoms with Crippen LogP contribution in [0.5, 0.6) is 0 Å². The largest absolute Gasteiger partial charge is 0.478 e. The van der Waals surface area contributed by atoms with E-state index in [1.54, 1.807) is 24.3 Å². The van der Waals surface area contributed by atoms with Crippen molar-refractivity contribution in [1.29, 1.82) is 0 Å². The Balaban J connectivity index is 1.90. The number of carboxylic acids is 1. The highest BCUT2D eigenvalue weighted by atomic mass is 16.4. The Morgan fingerprint density at radius 1 is 1.15 bits per heavy atom. The van der Waals surface area contributed by atoms with Crippen molar-refractivity contribution in [3.8, 4) is 22.6 Å². The van der Waals surface area contributed by atoms with Crippen molar-refractivity contribution < 1.29 is 9.90 Å². The van der Waals surface area contributed by atoms with E-state index in [9.17, 15) is 14.7 Å². The normalized spacial score (nSPS) is 15.0. The minimum atomic E-state index is -1.14. The molecule has 2 aromatic carbocycles. The number of para-hydroxylation sites is 1. The molecule has 1 aliphatic rings. The molecule has 1 unspecified atom stereocenters. The first kappa shape index (κ1) is 17.0. The highest BCUT2D eigenvalue weighted by molar-refractivity contribution is 5.84. The van der Waals surface area contributed by atoms with Gasteiger partial charge in [-0.25, -0.2) is 9.48 Å². The zero-order valence-electron chi connectivity index (χ0n) is 14.9. The molecule has 0 radical (unpaired) electrons. The maximum atomic E-state index is 12.6. The molecule has 7 heteroatoms. The van der Waals surface area contributed by atoms with Gasteiger partial charge in [0.25, 0.3) is 5.56 Å². The lowest BCUT2D eigenvalue weighted by atomic mass is 10.0. The Kier molecular flexibility index (Phi) is 3.99. The smallest absolute Gasteiger partial charge is 0.349 e. The second kappa shape index (κ2) is 6.35. The predicted octanol–water partition coefficient (Wildman–Crippen LogP) is 3.10. The Labute approximate surface area is 155 Å². The van der Waals surface area contributed by atoms with E-state index in [1.165, 1.54) is 4.68 Å². The summed E-state index contributed by atoms with van der Waals surface area (Å²) < 4.78 is 1.26. The van der Waals surface area contributed by atoms with Gasteiger partial charge in [0.2, 0.25) is 6.17 Å². The van der Waals surface area contributed by atoms with Gasteiger partial charge >= 0.3 is 5.97 Å². The third-order valence-electron chi connectivity index (χ3n) is 4.62. The van der Waals surface area contributed by atoms with Crippen LogP contribution in [-0.2, 0) is 4.79 Å². The topological polar surface area (TPSA) is 97.1 Å². The van der Waals surface area contributed by atoms with Crippen LogP contribution in [0.2, 0.25) is 0 Å². The van der Waals surface area contributed by atoms with Gasteiger partial charge in [-0.2, -0.15) is 10.1 Å². The third kappa shape index (κ3) is 2.87. The standard InChI is InChI=1S/C20H18N4O3/c1-11(2)12-7-9-13(10-8-12)16-19(25)22-17-14-5-3-4-6-15(14)21-18(20(26)27)24(17)23-16/h3-11,18,21H,1-2H3,(H,26,27). The quantitative estimate of drug-likeness (QED) is 0.743. The summed E-state index contributed by atoms with van der Waals surface area (Å²) in [4.78, 5) is 28.6. The molecule has 4 rings (SSSR count). The summed E-state index contributed by atoms with van der Waals surface area (Å²) in [5, 5.41) is 16.9. The first-order valence-electron chi connectivity index (χ1n) is 8.65. The zero-order valence-corrected chi connectivity index (χ0v) is 14.9. The SMILES string of the molecule is CC(C)c1ccc(-c2nn3c(nc2=O)-c2ccccc2NC3C(=O)O)cc1. The molecule has 0 amide bonds.